The van der Waals surface area contributed by atoms with Gasteiger partial charge in [0, 0.05) is 31.9 Å². The van der Waals surface area contributed by atoms with Crippen LogP contribution in [0, 0.1) is 5.92 Å². The summed E-state index contributed by atoms with van der Waals surface area (Å²) in [5.74, 6) is 1.52. The maximum Gasteiger partial charge on any atom is 0.214 e. The first-order valence-corrected chi connectivity index (χ1v) is 11.6. The Morgan fingerprint density at radius 2 is 2.00 bits per heavy atom. The molecule has 1 N–H and O–H groups in total. The molecule has 0 amide bonds. The topological polar surface area (TPSA) is 82.2 Å². The summed E-state index contributed by atoms with van der Waals surface area (Å²) in [6.07, 6.45) is 9.38. The van der Waals surface area contributed by atoms with Gasteiger partial charge in [-0.1, -0.05) is 0 Å². The van der Waals surface area contributed by atoms with E-state index < -0.39 is 10.0 Å². The van der Waals surface area contributed by atoms with Crippen LogP contribution < -0.4 is 4.90 Å². The highest BCUT2D eigenvalue weighted by molar-refractivity contribution is 7.89. The molecular weight excluding hydrogens is 362 g/mol. The van der Waals surface area contributed by atoms with Gasteiger partial charge in [0.05, 0.1) is 11.1 Å². The largest absolute Gasteiger partial charge is 0.356 e. The fourth-order valence-corrected chi connectivity index (χ4v) is 6.91. The van der Waals surface area contributed by atoms with Crippen molar-refractivity contribution in [1.29, 1.82) is 0 Å². The molecule has 2 aromatic rings. The summed E-state index contributed by atoms with van der Waals surface area (Å²) in [5, 5.41) is 1.03. The molecule has 4 rings (SSSR count). The molecule has 0 radical (unpaired) electrons. The summed E-state index contributed by atoms with van der Waals surface area (Å²) in [5.41, 5.74) is 0.853. The summed E-state index contributed by atoms with van der Waals surface area (Å²) >= 11 is 0. The first-order valence-electron chi connectivity index (χ1n) is 9.96. The molecule has 0 unspecified atom stereocenters. The van der Waals surface area contributed by atoms with Gasteiger partial charge in [0.2, 0.25) is 10.0 Å². The molecule has 2 aliphatic rings. The SMILES string of the molecule is C[C@H]1CCCN1S(=O)(=O)CC1CCC(N(C)c2ncnc3[nH]ccc23)CC1. The Morgan fingerprint density at radius 1 is 1.22 bits per heavy atom. The molecule has 1 atom stereocenters. The van der Waals surface area contributed by atoms with Gasteiger partial charge in [-0.05, 0) is 57.4 Å². The minimum absolute atomic E-state index is 0.166. The van der Waals surface area contributed by atoms with E-state index in [1.54, 1.807) is 10.6 Å². The molecule has 0 spiro atoms. The maximum absolute atomic E-state index is 12.8. The number of anilines is 1. The number of hydrogen-bond donors (Lipinski definition) is 1. The second-order valence-corrected chi connectivity index (χ2v) is 10.1. The van der Waals surface area contributed by atoms with E-state index in [0.717, 1.165) is 55.4 Å². The van der Waals surface area contributed by atoms with E-state index in [0.29, 0.717) is 18.3 Å². The van der Waals surface area contributed by atoms with Crippen LogP contribution in [0.1, 0.15) is 45.4 Å². The normalized spacial score (nSPS) is 27.3. The molecule has 148 valence electrons. The van der Waals surface area contributed by atoms with Crippen molar-refractivity contribution in [1.82, 2.24) is 19.3 Å². The highest BCUT2D eigenvalue weighted by atomic mass is 32.2. The van der Waals surface area contributed by atoms with Crippen molar-refractivity contribution in [2.75, 3.05) is 24.2 Å². The summed E-state index contributed by atoms with van der Waals surface area (Å²) in [7, 11) is -1.04. The van der Waals surface area contributed by atoms with Crippen LogP contribution in [0.3, 0.4) is 0 Å². The van der Waals surface area contributed by atoms with E-state index >= 15 is 0 Å². The molecule has 0 bridgehead atoms. The van der Waals surface area contributed by atoms with Crippen molar-refractivity contribution in [3.8, 4) is 0 Å². The zero-order chi connectivity index (χ0) is 19.0. The molecule has 2 aromatic heterocycles. The predicted molar refractivity (Wildman–Crippen MR) is 107 cm³/mol. The van der Waals surface area contributed by atoms with Gasteiger partial charge in [0.1, 0.15) is 17.8 Å². The van der Waals surface area contributed by atoms with E-state index in [-0.39, 0.29) is 12.0 Å². The Balaban J connectivity index is 1.38. The van der Waals surface area contributed by atoms with Crippen LogP contribution in [0.2, 0.25) is 0 Å². The summed E-state index contributed by atoms with van der Waals surface area (Å²) in [4.78, 5) is 14.1. The van der Waals surface area contributed by atoms with E-state index in [1.165, 1.54) is 0 Å². The number of nitrogens with one attached hydrogen (secondary N) is 1. The average Bonchev–Trinajstić information content (AvgIpc) is 3.30. The number of rotatable bonds is 5. The number of H-pyrrole nitrogens is 1. The van der Waals surface area contributed by atoms with Crippen LogP contribution in [-0.2, 0) is 10.0 Å². The Bertz CT molecular complexity index is 888. The van der Waals surface area contributed by atoms with Gasteiger partial charge in [-0.25, -0.2) is 18.4 Å². The number of nitrogens with zero attached hydrogens (tertiary/aromatic N) is 4. The second-order valence-electron chi connectivity index (χ2n) is 8.10. The Morgan fingerprint density at radius 3 is 2.70 bits per heavy atom. The standard InChI is InChI=1S/C19H29N5O2S/c1-14-4-3-11-24(14)27(25,26)12-15-5-7-16(8-6-15)23(2)19-17-9-10-20-18(17)21-13-22-19/h9-10,13-16H,3-8,11-12H2,1-2H3,(H,20,21,22)/t14-,15?,16?/m0/s1. The van der Waals surface area contributed by atoms with Crippen LogP contribution in [0.4, 0.5) is 5.82 Å². The third-order valence-electron chi connectivity index (χ3n) is 6.33. The molecular formula is C19H29N5O2S. The number of fused-ring (bicyclic) bond motifs is 1. The molecule has 1 aliphatic carbocycles. The Kier molecular flexibility index (Phi) is 5.11. The summed E-state index contributed by atoms with van der Waals surface area (Å²) < 4.78 is 27.3. The maximum atomic E-state index is 12.8. The number of aromatic amines is 1. The molecule has 1 saturated carbocycles. The number of sulfonamides is 1. The lowest BCUT2D eigenvalue weighted by Gasteiger charge is -2.36. The first kappa shape index (κ1) is 18.7. The van der Waals surface area contributed by atoms with Crippen LogP contribution in [0.25, 0.3) is 11.0 Å². The summed E-state index contributed by atoms with van der Waals surface area (Å²) in [6, 6.07) is 2.57. The minimum atomic E-state index is -3.13. The van der Waals surface area contributed by atoms with Gasteiger partial charge in [-0.2, -0.15) is 4.31 Å². The van der Waals surface area contributed by atoms with Crippen molar-refractivity contribution in [2.24, 2.45) is 5.92 Å². The molecule has 7 nitrogen and oxygen atoms in total. The van der Waals surface area contributed by atoms with E-state index in [4.69, 9.17) is 0 Å². The molecule has 2 fully saturated rings. The fourth-order valence-electron chi connectivity index (χ4n) is 4.73. The van der Waals surface area contributed by atoms with Crippen LogP contribution in [0.15, 0.2) is 18.6 Å². The lowest BCUT2D eigenvalue weighted by molar-refractivity contribution is 0.332. The van der Waals surface area contributed by atoms with Crippen LogP contribution >= 0.6 is 0 Å². The lowest BCUT2D eigenvalue weighted by Crippen LogP contribution is -2.40. The lowest BCUT2D eigenvalue weighted by atomic mass is 9.86. The van der Waals surface area contributed by atoms with Crippen LogP contribution in [0.5, 0.6) is 0 Å². The van der Waals surface area contributed by atoms with Gasteiger partial charge in [-0.3, -0.25) is 0 Å². The quantitative estimate of drug-likeness (QED) is 0.847. The molecule has 27 heavy (non-hydrogen) atoms. The third-order valence-corrected chi connectivity index (χ3v) is 8.48. The Hall–Kier alpha value is -1.67. The fraction of sp³-hybridized carbons (Fsp3) is 0.684. The molecule has 3 heterocycles. The zero-order valence-electron chi connectivity index (χ0n) is 16.1. The molecule has 0 aromatic carbocycles. The first-order chi connectivity index (χ1) is 13.0. The second kappa shape index (κ2) is 7.39. The highest BCUT2D eigenvalue weighted by Gasteiger charge is 2.35. The van der Waals surface area contributed by atoms with Crippen LogP contribution in [-0.4, -0.2) is 59.1 Å². The average molecular weight is 392 g/mol. The van der Waals surface area contributed by atoms with Crippen molar-refractivity contribution >= 4 is 26.9 Å². The smallest absolute Gasteiger partial charge is 0.214 e. The molecule has 1 saturated heterocycles. The van der Waals surface area contributed by atoms with Gasteiger partial charge >= 0.3 is 0 Å². The predicted octanol–water partition coefficient (Wildman–Crippen LogP) is 2.77. The monoisotopic (exact) mass is 391 g/mol. The van der Waals surface area contributed by atoms with Gasteiger partial charge in [-0.15, -0.1) is 0 Å². The van der Waals surface area contributed by atoms with Gasteiger partial charge in [0.15, 0.2) is 0 Å². The zero-order valence-corrected chi connectivity index (χ0v) is 17.0. The third kappa shape index (κ3) is 3.69. The van der Waals surface area contributed by atoms with E-state index in [1.807, 2.05) is 19.2 Å². The van der Waals surface area contributed by atoms with Gasteiger partial charge < -0.3 is 9.88 Å². The number of hydrogen-bond acceptors (Lipinski definition) is 5. The van der Waals surface area contributed by atoms with Crippen molar-refractivity contribution in [2.45, 2.75) is 57.5 Å². The Labute approximate surface area is 161 Å². The van der Waals surface area contributed by atoms with Crippen molar-refractivity contribution in [3.63, 3.8) is 0 Å². The van der Waals surface area contributed by atoms with E-state index in [9.17, 15) is 8.42 Å². The molecule has 8 heteroatoms. The highest BCUT2D eigenvalue weighted by Crippen LogP contribution is 2.33. The van der Waals surface area contributed by atoms with Crippen molar-refractivity contribution in [3.05, 3.63) is 18.6 Å². The van der Waals surface area contributed by atoms with Gasteiger partial charge in [0.25, 0.3) is 0 Å². The summed E-state index contributed by atoms with van der Waals surface area (Å²) in [6.45, 7) is 2.72. The molecule has 1 aliphatic heterocycles. The minimum Gasteiger partial charge on any atom is -0.356 e. The van der Waals surface area contributed by atoms with Crippen molar-refractivity contribution < 1.29 is 8.42 Å². The number of aromatic nitrogens is 3. The van der Waals surface area contributed by atoms with E-state index in [2.05, 4.69) is 26.9 Å².